The van der Waals surface area contributed by atoms with E-state index in [-0.39, 0.29) is 5.54 Å². The lowest BCUT2D eigenvalue weighted by Crippen LogP contribution is -2.60. The van der Waals surface area contributed by atoms with Crippen molar-refractivity contribution in [2.45, 2.75) is 71.8 Å². The Hall–Kier alpha value is -0.880. The van der Waals surface area contributed by atoms with Crippen LogP contribution in [-0.4, -0.2) is 11.6 Å². The molecule has 0 aromatic carbocycles. The first-order valence-corrected chi connectivity index (χ1v) is 9.66. The van der Waals surface area contributed by atoms with Crippen LogP contribution in [0.1, 0.15) is 66.2 Å². The molecule has 3 saturated carbocycles. The largest absolute Gasteiger partial charge is 0.235 e. The molecule has 0 saturated heterocycles. The van der Waals surface area contributed by atoms with Gasteiger partial charge in [0.15, 0.2) is 0 Å². The summed E-state index contributed by atoms with van der Waals surface area (Å²) >= 11 is 0. The summed E-state index contributed by atoms with van der Waals surface area (Å²) < 4.78 is 0. The molecule has 0 N–H and O–H groups in total. The van der Waals surface area contributed by atoms with Crippen molar-refractivity contribution in [3.05, 3.63) is 11.6 Å². The summed E-state index contributed by atoms with van der Waals surface area (Å²) in [5.74, 6) is 4.14. The molecule has 2 nitrogen and oxygen atoms in total. The second kappa shape index (κ2) is 5.06. The van der Waals surface area contributed by atoms with Crippen LogP contribution in [0.4, 0.5) is 0 Å². The van der Waals surface area contributed by atoms with E-state index in [4.69, 9.17) is 0 Å². The summed E-state index contributed by atoms with van der Waals surface area (Å²) in [7, 11) is 0. The number of allylic oxidation sites excluding steroid dienone is 1. The molecule has 4 rings (SSSR count). The molecule has 0 bridgehead atoms. The van der Waals surface area contributed by atoms with Gasteiger partial charge in [-0.1, -0.05) is 39.3 Å². The van der Waals surface area contributed by atoms with Crippen molar-refractivity contribution in [2.24, 2.45) is 45.9 Å². The third-order valence-corrected chi connectivity index (χ3v) is 8.00. The quantitative estimate of drug-likeness (QED) is 0.374. The zero-order valence-corrected chi connectivity index (χ0v) is 15.1. The molecule has 7 unspecified atom stereocenters. The van der Waals surface area contributed by atoms with Gasteiger partial charge in [0.1, 0.15) is 0 Å². The van der Waals surface area contributed by atoms with E-state index in [0.717, 1.165) is 24.2 Å². The zero-order chi connectivity index (χ0) is 16.4. The molecule has 23 heavy (non-hydrogen) atoms. The standard InChI is InChI=1S/C21H31NO/c1-13-9-16-11-20(3,4)10-15-7-8-21(22-12-23)14(2)5-6-17(13)19(21)18(15)16/h7,13-14,16-19H,5-6,8-11H2,1-4H3. The smallest absolute Gasteiger partial charge is 0.211 e. The maximum Gasteiger partial charge on any atom is 0.235 e. The van der Waals surface area contributed by atoms with Crippen molar-refractivity contribution >= 4 is 6.08 Å². The van der Waals surface area contributed by atoms with Gasteiger partial charge in [0.25, 0.3) is 0 Å². The van der Waals surface area contributed by atoms with Crippen LogP contribution in [0.25, 0.3) is 0 Å². The Morgan fingerprint density at radius 3 is 2.78 bits per heavy atom. The normalized spacial score (nSPS) is 50.3. The molecular formula is C21H31NO. The number of carbonyl (C=O) groups excluding carboxylic acids is 1. The summed E-state index contributed by atoms with van der Waals surface area (Å²) in [6.07, 6.45) is 12.0. The molecule has 0 heterocycles. The molecule has 0 amide bonds. The van der Waals surface area contributed by atoms with Gasteiger partial charge in [0.2, 0.25) is 6.08 Å². The van der Waals surface area contributed by atoms with Crippen molar-refractivity contribution in [3.63, 3.8) is 0 Å². The Kier molecular flexibility index (Phi) is 3.44. The molecule has 0 spiro atoms. The lowest BCUT2D eigenvalue weighted by atomic mass is 9.43. The fraction of sp³-hybridized carbons (Fsp3) is 0.857. The van der Waals surface area contributed by atoms with Crippen molar-refractivity contribution in [3.8, 4) is 0 Å². The predicted molar refractivity (Wildman–Crippen MR) is 92.7 cm³/mol. The molecule has 3 fully saturated rings. The Morgan fingerprint density at radius 1 is 1.26 bits per heavy atom. The van der Waals surface area contributed by atoms with Gasteiger partial charge in [0, 0.05) is 0 Å². The Labute approximate surface area is 140 Å². The monoisotopic (exact) mass is 313 g/mol. The summed E-state index contributed by atoms with van der Waals surface area (Å²) in [5, 5.41) is 0. The average molecular weight is 313 g/mol. The maximum atomic E-state index is 11.3. The van der Waals surface area contributed by atoms with Crippen molar-refractivity contribution in [1.82, 2.24) is 0 Å². The van der Waals surface area contributed by atoms with Crippen molar-refractivity contribution in [1.29, 1.82) is 0 Å². The predicted octanol–water partition coefficient (Wildman–Crippen LogP) is 5.15. The van der Waals surface area contributed by atoms with E-state index in [9.17, 15) is 4.79 Å². The van der Waals surface area contributed by atoms with Crippen LogP contribution in [0.3, 0.4) is 0 Å². The molecule has 0 aromatic heterocycles. The van der Waals surface area contributed by atoms with Crippen LogP contribution in [0, 0.1) is 40.9 Å². The van der Waals surface area contributed by atoms with Gasteiger partial charge >= 0.3 is 0 Å². The summed E-state index contributed by atoms with van der Waals surface area (Å²) in [6, 6.07) is 0. The Morgan fingerprint density at radius 2 is 2.04 bits per heavy atom. The van der Waals surface area contributed by atoms with Crippen LogP contribution in [0.5, 0.6) is 0 Å². The average Bonchev–Trinajstić information content (AvgIpc) is 2.47. The minimum absolute atomic E-state index is 0.146. The fourth-order valence-corrected chi connectivity index (χ4v) is 7.23. The first-order valence-electron chi connectivity index (χ1n) is 9.66. The molecule has 0 radical (unpaired) electrons. The topological polar surface area (TPSA) is 29.4 Å². The number of hydrogen-bond acceptors (Lipinski definition) is 2. The Bertz CT molecular complexity index is 585. The number of isocyanates is 1. The summed E-state index contributed by atoms with van der Waals surface area (Å²) in [5.41, 5.74) is 2.00. The second-order valence-electron chi connectivity index (χ2n) is 9.89. The third-order valence-electron chi connectivity index (χ3n) is 8.00. The van der Waals surface area contributed by atoms with Gasteiger partial charge < -0.3 is 0 Å². The Balaban J connectivity index is 1.85. The van der Waals surface area contributed by atoms with Gasteiger partial charge in [0.05, 0.1) is 5.54 Å². The molecular weight excluding hydrogens is 282 g/mol. The van der Waals surface area contributed by atoms with Crippen LogP contribution >= 0.6 is 0 Å². The molecule has 7 atom stereocenters. The molecule has 2 heteroatoms. The summed E-state index contributed by atoms with van der Waals surface area (Å²) in [4.78, 5) is 15.9. The fourth-order valence-electron chi connectivity index (χ4n) is 7.23. The van der Waals surface area contributed by atoms with Gasteiger partial charge in [-0.3, -0.25) is 0 Å². The second-order valence-corrected chi connectivity index (χ2v) is 9.89. The van der Waals surface area contributed by atoms with E-state index >= 15 is 0 Å². The number of hydrogen-bond donors (Lipinski definition) is 0. The minimum Gasteiger partial charge on any atom is -0.211 e. The minimum atomic E-state index is -0.146. The van der Waals surface area contributed by atoms with E-state index in [1.165, 1.54) is 32.1 Å². The third kappa shape index (κ3) is 2.14. The first-order chi connectivity index (χ1) is 10.9. The highest BCUT2D eigenvalue weighted by atomic mass is 16.1. The van der Waals surface area contributed by atoms with Crippen LogP contribution in [0.2, 0.25) is 0 Å². The van der Waals surface area contributed by atoms with Crippen molar-refractivity contribution in [2.75, 3.05) is 0 Å². The molecule has 0 aliphatic heterocycles. The number of rotatable bonds is 1. The van der Waals surface area contributed by atoms with Gasteiger partial charge in [-0.15, -0.1) is 0 Å². The lowest BCUT2D eigenvalue weighted by Gasteiger charge is -2.63. The van der Waals surface area contributed by atoms with E-state index in [2.05, 4.69) is 38.8 Å². The van der Waals surface area contributed by atoms with Gasteiger partial charge in [-0.05, 0) is 79.4 Å². The molecule has 126 valence electrons. The number of aliphatic imine (C=N–C) groups is 1. The van der Waals surface area contributed by atoms with Crippen LogP contribution in [-0.2, 0) is 4.79 Å². The van der Waals surface area contributed by atoms with E-state index in [1.54, 1.807) is 5.57 Å². The first kappa shape index (κ1) is 15.6. The highest BCUT2D eigenvalue weighted by molar-refractivity contribution is 5.38. The highest BCUT2D eigenvalue weighted by Crippen LogP contribution is 2.65. The van der Waals surface area contributed by atoms with Crippen LogP contribution < -0.4 is 0 Å². The van der Waals surface area contributed by atoms with Gasteiger partial charge in [-0.2, -0.15) is 4.99 Å². The SMILES string of the molecule is CC1CC2CC(C)(C)CC3=CCC4(N=C=O)C(C)CCC1C4C32. The maximum absolute atomic E-state index is 11.3. The molecule has 4 aliphatic rings. The van der Waals surface area contributed by atoms with Crippen molar-refractivity contribution < 1.29 is 4.79 Å². The van der Waals surface area contributed by atoms with E-state index in [0.29, 0.717) is 23.2 Å². The molecule has 4 aliphatic carbocycles. The summed E-state index contributed by atoms with van der Waals surface area (Å²) in [6.45, 7) is 9.67. The lowest BCUT2D eigenvalue weighted by molar-refractivity contribution is -0.0745. The van der Waals surface area contributed by atoms with E-state index in [1.807, 2.05) is 6.08 Å². The molecule has 0 aromatic rings. The van der Waals surface area contributed by atoms with Crippen LogP contribution in [0.15, 0.2) is 16.6 Å². The highest BCUT2D eigenvalue weighted by Gasteiger charge is 2.61. The van der Waals surface area contributed by atoms with Gasteiger partial charge in [-0.25, -0.2) is 4.79 Å². The zero-order valence-electron chi connectivity index (χ0n) is 15.1. The number of nitrogens with zero attached hydrogens (tertiary/aromatic N) is 1. The van der Waals surface area contributed by atoms with E-state index < -0.39 is 0 Å².